The molecule has 0 saturated carbocycles. The van der Waals surface area contributed by atoms with Gasteiger partial charge in [0.2, 0.25) is 0 Å². The van der Waals surface area contributed by atoms with Crippen LogP contribution in [0.1, 0.15) is 26.7 Å². The van der Waals surface area contributed by atoms with Gasteiger partial charge in [-0.25, -0.2) is 0 Å². The molecule has 0 aliphatic rings. The number of carbonyl (C=O) groups is 1. The minimum absolute atomic E-state index is 0.0820. The molecular weight excluding hydrogens is 208 g/mol. The number of allylic oxidation sites excluding steroid dienone is 2. The minimum Gasteiger partial charge on any atom is -0.481 e. The number of hydrogen-bond donors (Lipinski definition) is 3. The van der Waals surface area contributed by atoms with Crippen LogP contribution in [-0.2, 0) is 4.79 Å². The summed E-state index contributed by atoms with van der Waals surface area (Å²) in [5, 5.41) is 26.7. The third kappa shape index (κ3) is 6.37. The van der Waals surface area contributed by atoms with Crippen LogP contribution in [0.25, 0.3) is 0 Å². The van der Waals surface area contributed by atoms with Crippen molar-refractivity contribution in [2.75, 3.05) is 13.2 Å². The number of rotatable bonds is 7. The highest BCUT2D eigenvalue weighted by molar-refractivity contribution is 5.72. The van der Waals surface area contributed by atoms with Crippen molar-refractivity contribution >= 4 is 5.97 Å². The number of carboxylic acid groups (broad SMARTS) is 1. The molecular formula is C12H20O4. The Morgan fingerprint density at radius 2 is 1.94 bits per heavy atom. The zero-order valence-corrected chi connectivity index (χ0v) is 9.81. The van der Waals surface area contributed by atoms with E-state index < -0.39 is 11.9 Å². The van der Waals surface area contributed by atoms with E-state index >= 15 is 0 Å². The summed E-state index contributed by atoms with van der Waals surface area (Å²) in [6, 6.07) is 0. The van der Waals surface area contributed by atoms with Crippen LogP contribution >= 0.6 is 0 Å². The predicted octanol–water partition coefficient (Wildman–Crippen LogP) is 1.34. The second kappa shape index (κ2) is 8.07. The number of aliphatic hydroxyl groups is 2. The Hall–Kier alpha value is -1.13. The second-order valence-corrected chi connectivity index (χ2v) is 3.92. The lowest BCUT2D eigenvalue weighted by Crippen LogP contribution is -2.12. The maximum Gasteiger partial charge on any atom is 0.310 e. The molecule has 0 aromatic carbocycles. The van der Waals surface area contributed by atoms with Gasteiger partial charge in [-0.15, -0.1) is 0 Å². The lowest BCUT2D eigenvalue weighted by atomic mass is 9.99. The number of hydrogen-bond acceptors (Lipinski definition) is 3. The summed E-state index contributed by atoms with van der Waals surface area (Å²) in [4.78, 5) is 10.9. The van der Waals surface area contributed by atoms with Crippen molar-refractivity contribution in [1.29, 1.82) is 0 Å². The average Bonchev–Trinajstić information content (AvgIpc) is 2.21. The van der Waals surface area contributed by atoms with Crippen molar-refractivity contribution in [2.24, 2.45) is 5.92 Å². The van der Waals surface area contributed by atoms with Gasteiger partial charge in [0.05, 0.1) is 12.5 Å². The first-order valence-corrected chi connectivity index (χ1v) is 5.28. The van der Waals surface area contributed by atoms with Crippen molar-refractivity contribution < 1.29 is 20.1 Å². The maximum atomic E-state index is 10.9. The molecule has 0 unspecified atom stereocenters. The molecule has 16 heavy (non-hydrogen) atoms. The monoisotopic (exact) mass is 228 g/mol. The minimum atomic E-state index is -0.915. The fourth-order valence-corrected chi connectivity index (χ4v) is 1.25. The third-order valence-corrected chi connectivity index (χ3v) is 2.17. The Labute approximate surface area is 95.9 Å². The number of aliphatic hydroxyl groups excluding tert-OH is 2. The van der Waals surface area contributed by atoms with Crippen molar-refractivity contribution in [3.05, 3.63) is 23.3 Å². The standard InChI is InChI=1S/C12H20O4/c1-9(2)3-4-11(12(15)16)7-10(8-14)5-6-13/h3,7,11,13-14H,4-6,8H2,1-2H3,(H,15,16)/t11-/m0/s1. The summed E-state index contributed by atoms with van der Waals surface area (Å²) in [7, 11) is 0. The Morgan fingerprint density at radius 3 is 2.31 bits per heavy atom. The van der Waals surface area contributed by atoms with E-state index in [0.29, 0.717) is 18.4 Å². The Balaban J connectivity index is 4.64. The van der Waals surface area contributed by atoms with Crippen molar-refractivity contribution in [2.45, 2.75) is 26.7 Å². The first-order chi connectivity index (χ1) is 7.51. The summed E-state index contributed by atoms with van der Waals surface area (Å²) < 4.78 is 0. The SMILES string of the molecule is CC(C)=CC[C@@H](C=C(CO)CCO)C(=O)O. The summed E-state index contributed by atoms with van der Waals surface area (Å²) in [5.74, 6) is -1.55. The highest BCUT2D eigenvalue weighted by atomic mass is 16.4. The molecule has 4 nitrogen and oxygen atoms in total. The predicted molar refractivity (Wildman–Crippen MR) is 62.0 cm³/mol. The smallest absolute Gasteiger partial charge is 0.310 e. The van der Waals surface area contributed by atoms with E-state index in [1.807, 2.05) is 19.9 Å². The van der Waals surface area contributed by atoms with Crippen LogP contribution in [0.5, 0.6) is 0 Å². The van der Waals surface area contributed by atoms with E-state index in [9.17, 15) is 4.79 Å². The largest absolute Gasteiger partial charge is 0.481 e. The summed E-state index contributed by atoms with van der Waals surface area (Å²) >= 11 is 0. The zero-order chi connectivity index (χ0) is 12.6. The van der Waals surface area contributed by atoms with Crippen LogP contribution in [0.4, 0.5) is 0 Å². The highest BCUT2D eigenvalue weighted by Gasteiger charge is 2.13. The van der Waals surface area contributed by atoms with Crippen LogP contribution in [0.15, 0.2) is 23.3 Å². The normalized spacial score (nSPS) is 13.4. The van der Waals surface area contributed by atoms with Crippen LogP contribution in [0.2, 0.25) is 0 Å². The van der Waals surface area contributed by atoms with E-state index in [1.54, 1.807) is 0 Å². The molecule has 0 bridgehead atoms. The fourth-order valence-electron chi connectivity index (χ4n) is 1.25. The molecule has 0 aromatic heterocycles. The van der Waals surface area contributed by atoms with Gasteiger partial charge in [-0.05, 0) is 32.3 Å². The van der Waals surface area contributed by atoms with Gasteiger partial charge in [-0.3, -0.25) is 4.79 Å². The first kappa shape index (κ1) is 14.9. The van der Waals surface area contributed by atoms with E-state index in [2.05, 4.69) is 0 Å². The first-order valence-electron chi connectivity index (χ1n) is 5.28. The molecule has 0 aliphatic heterocycles. The summed E-state index contributed by atoms with van der Waals surface area (Å²) in [6.45, 7) is 3.52. The molecule has 0 saturated heterocycles. The molecule has 4 heteroatoms. The lowest BCUT2D eigenvalue weighted by Gasteiger charge is -2.08. The quantitative estimate of drug-likeness (QED) is 0.575. The molecule has 0 radical (unpaired) electrons. The number of aliphatic carboxylic acids is 1. The molecule has 0 amide bonds. The average molecular weight is 228 g/mol. The van der Waals surface area contributed by atoms with Gasteiger partial charge in [-0.2, -0.15) is 0 Å². The van der Waals surface area contributed by atoms with Crippen LogP contribution in [0.3, 0.4) is 0 Å². The van der Waals surface area contributed by atoms with Gasteiger partial charge in [0.25, 0.3) is 0 Å². The summed E-state index contributed by atoms with van der Waals surface area (Å²) in [6.07, 6.45) is 4.10. The Bertz CT molecular complexity index is 275. The van der Waals surface area contributed by atoms with Crippen molar-refractivity contribution in [3.63, 3.8) is 0 Å². The van der Waals surface area contributed by atoms with Gasteiger partial charge >= 0.3 is 5.97 Å². The zero-order valence-electron chi connectivity index (χ0n) is 9.81. The molecule has 0 rings (SSSR count). The molecule has 92 valence electrons. The van der Waals surface area contributed by atoms with Crippen LogP contribution in [0, 0.1) is 5.92 Å². The Morgan fingerprint density at radius 1 is 1.31 bits per heavy atom. The molecule has 1 atom stereocenters. The van der Waals surface area contributed by atoms with Gasteiger partial charge in [-0.1, -0.05) is 17.7 Å². The highest BCUT2D eigenvalue weighted by Crippen LogP contribution is 2.13. The molecule has 3 N–H and O–H groups in total. The second-order valence-electron chi connectivity index (χ2n) is 3.92. The fraction of sp³-hybridized carbons (Fsp3) is 0.583. The number of carboxylic acids is 1. The van der Waals surface area contributed by atoms with Crippen LogP contribution < -0.4 is 0 Å². The van der Waals surface area contributed by atoms with Crippen molar-refractivity contribution in [1.82, 2.24) is 0 Å². The van der Waals surface area contributed by atoms with Gasteiger partial charge in [0.1, 0.15) is 0 Å². The van der Waals surface area contributed by atoms with E-state index in [4.69, 9.17) is 15.3 Å². The van der Waals surface area contributed by atoms with E-state index in [0.717, 1.165) is 5.57 Å². The molecule has 0 aliphatic carbocycles. The summed E-state index contributed by atoms with van der Waals surface area (Å²) in [5.41, 5.74) is 1.63. The molecule has 0 heterocycles. The topological polar surface area (TPSA) is 77.8 Å². The molecule has 0 aromatic rings. The van der Waals surface area contributed by atoms with Gasteiger partial charge < -0.3 is 15.3 Å². The third-order valence-electron chi connectivity index (χ3n) is 2.17. The maximum absolute atomic E-state index is 10.9. The van der Waals surface area contributed by atoms with E-state index in [1.165, 1.54) is 6.08 Å². The molecule has 0 spiro atoms. The molecule has 0 fully saturated rings. The van der Waals surface area contributed by atoms with E-state index in [-0.39, 0.29) is 13.2 Å². The van der Waals surface area contributed by atoms with Crippen molar-refractivity contribution in [3.8, 4) is 0 Å². The Kier molecular flexibility index (Phi) is 7.50. The van der Waals surface area contributed by atoms with Crippen LogP contribution in [-0.4, -0.2) is 34.5 Å². The lowest BCUT2D eigenvalue weighted by molar-refractivity contribution is -0.139. The van der Waals surface area contributed by atoms with Gasteiger partial charge in [0, 0.05) is 6.61 Å². The van der Waals surface area contributed by atoms with Gasteiger partial charge in [0.15, 0.2) is 0 Å².